The first-order valence-corrected chi connectivity index (χ1v) is 10.6. The van der Waals surface area contributed by atoms with E-state index in [0.29, 0.717) is 41.7 Å². The summed E-state index contributed by atoms with van der Waals surface area (Å²) in [6, 6.07) is 14.1. The second-order valence-electron chi connectivity index (χ2n) is 7.57. The highest BCUT2D eigenvalue weighted by atomic mass is 16.2. The Labute approximate surface area is 185 Å². The van der Waals surface area contributed by atoms with Gasteiger partial charge in [-0.15, -0.1) is 0 Å². The number of nitrogens with one attached hydrogen (secondary N) is 2. The highest BCUT2D eigenvalue weighted by Crippen LogP contribution is 2.23. The predicted molar refractivity (Wildman–Crippen MR) is 120 cm³/mol. The number of rotatable bonds is 5. The Hall–Kier alpha value is -3.94. The average molecular weight is 432 g/mol. The Kier molecular flexibility index (Phi) is 6.02. The Morgan fingerprint density at radius 1 is 0.875 bits per heavy atom. The van der Waals surface area contributed by atoms with E-state index in [-0.39, 0.29) is 30.5 Å². The minimum Gasteiger partial charge on any atom is -0.360 e. The van der Waals surface area contributed by atoms with Crippen LogP contribution in [0, 0.1) is 0 Å². The van der Waals surface area contributed by atoms with Crippen molar-refractivity contribution in [1.29, 1.82) is 0 Å². The van der Waals surface area contributed by atoms with Crippen molar-refractivity contribution >= 4 is 34.4 Å². The van der Waals surface area contributed by atoms with Gasteiger partial charge in [0, 0.05) is 49.9 Å². The maximum atomic E-state index is 13.0. The molecule has 0 aliphatic carbocycles. The predicted octanol–water partition coefficient (Wildman–Crippen LogP) is 2.08. The molecular formula is C24H24N4O4. The number of hydrogen-bond acceptors (Lipinski definition) is 4. The monoisotopic (exact) mass is 432 g/mol. The van der Waals surface area contributed by atoms with Gasteiger partial charge in [0.1, 0.15) is 0 Å². The summed E-state index contributed by atoms with van der Waals surface area (Å²) in [5.74, 6) is -1.57. The molecular weight excluding hydrogens is 408 g/mol. The average Bonchev–Trinajstić information content (AvgIpc) is 3.27. The topological polar surface area (TPSA) is 103 Å². The molecule has 1 aliphatic heterocycles. The van der Waals surface area contributed by atoms with Gasteiger partial charge in [0.25, 0.3) is 23.5 Å². The summed E-state index contributed by atoms with van der Waals surface area (Å²) < 4.78 is 0. The standard InChI is InChI=1S/C24H24N4O4/c1-2-25-22(30)18-10-6-9-17-19(15-26-20(17)18)21(29)24(32)28-13-11-27(12-14-28)23(31)16-7-4-3-5-8-16/h3-10,15,26H,2,11-14H2,1H3,(H,25,30). The summed E-state index contributed by atoms with van der Waals surface area (Å²) in [5, 5.41) is 3.27. The molecule has 0 radical (unpaired) electrons. The smallest absolute Gasteiger partial charge is 0.295 e. The lowest BCUT2D eigenvalue weighted by molar-refractivity contribution is -0.127. The van der Waals surface area contributed by atoms with Crippen molar-refractivity contribution < 1.29 is 19.2 Å². The maximum Gasteiger partial charge on any atom is 0.295 e. The lowest BCUT2D eigenvalue weighted by atomic mass is 10.0. The van der Waals surface area contributed by atoms with Gasteiger partial charge >= 0.3 is 0 Å². The summed E-state index contributed by atoms with van der Waals surface area (Å²) >= 11 is 0. The van der Waals surface area contributed by atoms with Gasteiger partial charge in [-0.3, -0.25) is 19.2 Å². The SMILES string of the molecule is CCNC(=O)c1cccc2c(C(=O)C(=O)N3CCN(C(=O)c4ccccc4)CC3)c[nH]c12. The van der Waals surface area contributed by atoms with Crippen LogP contribution < -0.4 is 5.32 Å². The van der Waals surface area contributed by atoms with E-state index in [1.165, 1.54) is 11.1 Å². The number of carbonyl (C=O) groups excluding carboxylic acids is 4. The molecule has 0 spiro atoms. The molecule has 3 amide bonds. The number of Topliss-reactive ketones (excluding diaryl/α,β-unsaturated/α-hetero) is 1. The summed E-state index contributed by atoms with van der Waals surface area (Å²) in [4.78, 5) is 56.9. The summed E-state index contributed by atoms with van der Waals surface area (Å²) in [5.41, 5.74) is 1.78. The van der Waals surface area contributed by atoms with Crippen LogP contribution in [0.25, 0.3) is 10.9 Å². The van der Waals surface area contributed by atoms with Crippen molar-refractivity contribution in [1.82, 2.24) is 20.1 Å². The molecule has 0 atom stereocenters. The fourth-order valence-corrected chi connectivity index (χ4v) is 3.92. The number of H-pyrrole nitrogens is 1. The van der Waals surface area contributed by atoms with Crippen LogP contribution in [0.1, 0.15) is 38.0 Å². The number of benzene rings is 2. The molecule has 1 aromatic heterocycles. The summed E-state index contributed by atoms with van der Waals surface area (Å²) in [6.07, 6.45) is 1.48. The van der Waals surface area contributed by atoms with Crippen LogP contribution >= 0.6 is 0 Å². The molecule has 164 valence electrons. The zero-order valence-corrected chi connectivity index (χ0v) is 17.8. The molecule has 2 aromatic carbocycles. The largest absolute Gasteiger partial charge is 0.360 e. The number of para-hydroxylation sites is 1. The number of nitrogens with zero attached hydrogens (tertiary/aromatic N) is 2. The second-order valence-corrected chi connectivity index (χ2v) is 7.57. The molecule has 0 saturated carbocycles. The van der Waals surface area contributed by atoms with E-state index in [1.54, 1.807) is 35.2 Å². The molecule has 2 heterocycles. The number of piperazine rings is 1. The number of aromatic amines is 1. The molecule has 1 fully saturated rings. The summed E-state index contributed by atoms with van der Waals surface area (Å²) in [7, 11) is 0. The van der Waals surface area contributed by atoms with Crippen molar-refractivity contribution in [3.63, 3.8) is 0 Å². The fraction of sp³-hybridized carbons (Fsp3) is 0.250. The van der Waals surface area contributed by atoms with Gasteiger partial charge in [0.15, 0.2) is 0 Å². The Morgan fingerprint density at radius 2 is 1.56 bits per heavy atom. The first-order valence-electron chi connectivity index (χ1n) is 10.6. The van der Waals surface area contributed by atoms with Crippen molar-refractivity contribution in [2.75, 3.05) is 32.7 Å². The number of aromatic nitrogens is 1. The van der Waals surface area contributed by atoms with E-state index in [2.05, 4.69) is 10.3 Å². The molecule has 4 rings (SSSR count). The third kappa shape index (κ3) is 3.99. The van der Waals surface area contributed by atoms with Crippen LogP contribution in [0.4, 0.5) is 0 Å². The normalized spacial score (nSPS) is 13.8. The van der Waals surface area contributed by atoms with Gasteiger partial charge in [0.05, 0.1) is 16.6 Å². The molecule has 8 heteroatoms. The number of ketones is 1. The van der Waals surface area contributed by atoms with Crippen LogP contribution in [0.15, 0.2) is 54.7 Å². The molecule has 0 bridgehead atoms. The maximum absolute atomic E-state index is 13.0. The molecule has 1 saturated heterocycles. The van der Waals surface area contributed by atoms with E-state index in [1.807, 2.05) is 25.1 Å². The van der Waals surface area contributed by atoms with Crippen molar-refractivity contribution in [3.8, 4) is 0 Å². The zero-order chi connectivity index (χ0) is 22.7. The summed E-state index contributed by atoms with van der Waals surface area (Å²) in [6.45, 7) is 3.61. The number of carbonyl (C=O) groups is 4. The zero-order valence-electron chi connectivity index (χ0n) is 17.8. The molecule has 32 heavy (non-hydrogen) atoms. The third-order valence-corrected chi connectivity index (χ3v) is 5.61. The molecule has 1 aliphatic rings. The van der Waals surface area contributed by atoms with Crippen molar-refractivity contribution in [3.05, 3.63) is 71.4 Å². The first kappa shape index (κ1) is 21.3. The van der Waals surface area contributed by atoms with E-state index < -0.39 is 11.7 Å². The van der Waals surface area contributed by atoms with Gasteiger partial charge in [-0.1, -0.05) is 30.3 Å². The molecule has 3 aromatic rings. The number of amides is 3. The third-order valence-electron chi connectivity index (χ3n) is 5.61. The van der Waals surface area contributed by atoms with Crippen molar-refractivity contribution in [2.45, 2.75) is 6.92 Å². The molecule has 8 nitrogen and oxygen atoms in total. The Morgan fingerprint density at radius 3 is 2.25 bits per heavy atom. The van der Waals surface area contributed by atoms with Gasteiger partial charge < -0.3 is 20.1 Å². The van der Waals surface area contributed by atoms with E-state index in [9.17, 15) is 19.2 Å². The van der Waals surface area contributed by atoms with Gasteiger partial charge in [-0.2, -0.15) is 0 Å². The van der Waals surface area contributed by atoms with Gasteiger partial charge in [0.2, 0.25) is 0 Å². The number of hydrogen-bond donors (Lipinski definition) is 2. The van der Waals surface area contributed by atoms with E-state index >= 15 is 0 Å². The first-order chi connectivity index (χ1) is 15.5. The molecule has 0 unspecified atom stereocenters. The molecule has 2 N–H and O–H groups in total. The second kappa shape index (κ2) is 9.05. The van der Waals surface area contributed by atoms with Gasteiger partial charge in [-0.25, -0.2) is 0 Å². The van der Waals surface area contributed by atoms with Gasteiger partial charge in [-0.05, 0) is 25.1 Å². The number of fused-ring (bicyclic) bond motifs is 1. The van der Waals surface area contributed by atoms with E-state index in [4.69, 9.17) is 0 Å². The Bertz CT molecular complexity index is 1180. The minimum absolute atomic E-state index is 0.0847. The Balaban J connectivity index is 1.46. The lowest BCUT2D eigenvalue weighted by Crippen LogP contribution is -2.52. The lowest BCUT2D eigenvalue weighted by Gasteiger charge is -2.34. The quantitative estimate of drug-likeness (QED) is 0.476. The highest BCUT2D eigenvalue weighted by molar-refractivity contribution is 6.45. The van der Waals surface area contributed by atoms with Crippen LogP contribution in [-0.4, -0.2) is 71.0 Å². The van der Waals surface area contributed by atoms with Crippen LogP contribution in [-0.2, 0) is 4.79 Å². The van der Waals surface area contributed by atoms with Crippen LogP contribution in [0.2, 0.25) is 0 Å². The minimum atomic E-state index is -0.632. The van der Waals surface area contributed by atoms with E-state index in [0.717, 1.165) is 0 Å². The van der Waals surface area contributed by atoms with Crippen LogP contribution in [0.5, 0.6) is 0 Å². The van der Waals surface area contributed by atoms with Crippen LogP contribution in [0.3, 0.4) is 0 Å². The highest BCUT2D eigenvalue weighted by Gasteiger charge is 2.30. The van der Waals surface area contributed by atoms with Crippen molar-refractivity contribution in [2.24, 2.45) is 0 Å². The fourth-order valence-electron chi connectivity index (χ4n) is 3.92.